The van der Waals surface area contributed by atoms with E-state index in [1.165, 1.54) is 0 Å². The number of hydrogen-bond acceptors (Lipinski definition) is 3. The predicted molar refractivity (Wildman–Crippen MR) is 61.9 cm³/mol. The third-order valence-corrected chi connectivity index (χ3v) is 2.65. The maximum absolute atomic E-state index is 9.84. The maximum atomic E-state index is 9.84. The SMILES string of the molecule is CN(C)CCC1=C2C(=CC=CC2O)N=C1. The van der Waals surface area contributed by atoms with Gasteiger partial charge in [-0.15, -0.1) is 0 Å². The minimum absolute atomic E-state index is 0.482. The molecule has 0 fully saturated rings. The first kappa shape index (κ1) is 10.3. The largest absolute Gasteiger partial charge is 0.384 e. The third-order valence-electron chi connectivity index (χ3n) is 2.65. The van der Waals surface area contributed by atoms with Crippen molar-refractivity contribution in [1.82, 2.24) is 4.90 Å². The van der Waals surface area contributed by atoms with Gasteiger partial charge in [0.25, 0.3) is 0 Å². The number of aliphatic hydroxyl groups is 1. The van der Waals surface area contributed by atoms with Crippen molar-refractivity contribution >= 4 is 6.21 Å². The minimum Gasteiger partial charge on any atom is -0.384 e. The van der Waals surface area contributed by atoms with Crippen LogP contribution >= 0.6 is 0 Å². The van der Waals surface area contributed by atoms with Crippen molar-refractivity contribution in [2.24, 2.45) is 4.99 Å². The Morgan fingerprint density at radius 2 is 2.27 bits per heavy atom. The van der Waals surface area contributed by atoms with Crippen LogP contribution in [0.15, 0.2) is 40.1 Å². The fraction of sp³-hybridized carbons (Fsp3) is 0.417. The van der Waals surface area contributed by atoms with Gasteiger partial charge in [0.1, 0.15) is 0 Å². The average molecular weight is 204 g/mol. The molecule has 1 unspecified atom stereocenters. The Morgan fingerprint density at radius 3 is 3.00 bits per heavy atom. The molecule has 1 heterocycles. The summed E-state index contributed by atoms with van der Waals surface area (Å²) in [5.41, 5.74) is 3.06. The summed E-state index contributed by atoms with van der Waals surface area (Å²) in [7, 11) is 4.09. The van der Waals surface area contributed by atoms with Gasteiger partial charge in [0.05, 0.1) is 11.8 Å². The van der Waals surface area contributed by atoms with Crippen molar-refractivity contribution in [1.29, 1.82) is 0 Å². The summed E-state index contributed by atoms with van der Waals surface area (Å²) >= 11 is 0. The minimum atomic E-state index is -0.482. The molecule has 1 aliphatic carbocycles. The maximum Gasteiger partial charge on any atom is 0.0998 e. The molecule has 1 atom stereocenters. The molecule has 0 saturated heterocycles. The number of allylic oxidation sites excluding steroid dienone is 2. The summed E-state index contributed by atoms with van der Waals surface area (Å²) in [5, 5.41) is 9.84. The summed E-state index contributed by atoms with van der Waals surface area (Å²) in [5.74, 6) is 0. The van der Waals surface area contributed by atoms with Crippen molar-refractivity contribution in [3.05, 3.63) is 35.1 Å². The standard InChI is InChI=1S/C12H16N2O/c1-14(2)7-6-9-8-13-10-4-3-5-11(15)12(9)10/h3-5,8,11,15H,6-7H2,1-2H3. The van der Waals surface area contributed by atoms with Crippen LogP contribution in [0.3, 0.4) is 0 Å². The number of rotatable bonds is 3. The van der Waals surface area contributed by atoms with Gasteiger partial charge in [-0.25, -0.2) is 0 Å². The van der Waals surface area contributed by atoms with E-state index in [1.807, 2.05) is 32.5 Å². The van der Waals surface area contributed by atoms with Crippen molar-refractivity contribution in [3.63, 3.8) is 0 Å². The van der Waals surface area contributed by atoms with Crippen LogP contribution in [0.25, 0.3) is 0 Å². The van der Waals surface area contributed by atoms with Gasteiger partial charge in [0.15, 0.2) is 0 Å². The van der Waals surface area contributed by atoms with Crippen LogP contribution in [-0.2, 0) is 0 Å². The fourth-order valence-corrected chi connectivity index (χ4v) is 1.82. The molecule has 1 aliphatic heterocycles. The van der Waals surface area contributed by atoms with Gasteiger partial charge in [-0.3, -0.25) is 4.99 Å². The average Bonchev–Trinajstić information content (AvgIpc) is 2.59. The van der Waals surface area contributed by atoms with E-state index in [9.17, 15) is 5.11 Å². The first-order valence-electron chi connectivity index (χ1n) is 5.17. The van der Waals surface area contributed by atoms with Crippen LogP contribution in [0, 0.1) is 0 Å². The van der Waals surface area contributed by atoms with Gasteiger partial charge in [-0.05, 0) is 32.2 Å². The lowest BCUT2D eigenvalue weighted by Crippen LogP contribution is -2.16. The van der Waals surface area contributed by atoms with Gasteiger partial charge in [-0.1, -0.05) is 12.2 Å². The van der Waals surface area contributed by atoms with Crippen LogP contribution in [-0.4, -0.2) is 43.0 Å². The highest BCUT2D eigenvalue weighted by molar-refractivity contribution is 5.87. The highest BCUT2D eigenvalue weighted by Crippen LogP contribution is 2.29. The first-order valence-corrected chi connectivity index (χ1v) is 5.17. The molecule has 3 nitrogen and oxygen atoms in total. The zero-order valence-electron chi connectivity index (χ0n) is 9.14. The normalized spacial score (nSPS) is 23.7. The summed E-state index contributed by atoms with van der Waals surface area (Å²) in [4.78, 5) is 6.43. The molecule has 80 valence electrons. The van der Waals surface area contributed by atoms with Crippen LogP contribution in [0.5, 0.6) is 0 Å². The number of nitrogens with zero attached hydrogens (tertiary/aromatic N) is 2. The van der Waals surface area contributed by atoms with E-state index in [0.29, 0.717) is 0 Å². The molecular formula is C12H16N2O. The number of fused-ring (bicyclic) bond motifs is 1. The summed E-state index contributed by atoms with van der Waals surface area (Å²) in [6.07, 6.45) is 7.93. The molecule has 0 aromatic rings. The fourth-order valence-electron chi connectivity index (χ4n) is 1.82. The summed E-state index contributed by atoms with van der Waals surface area (Å²) in [6.45, 7) is 0.981. The number of aliphatic hydroxyl groups excluding tert-OH is 1. The van der Waals surface area contributed by atoms with Crippen LogP contribution < -0.4 is 0 Å². The van der Waals surface area contributed by atoms with E-state index in [2.05, 4.69) is 9.89 Å². The monoisotopic (exact) mass is 204 g/mol. The quantitative estimate of drug-likeness (QED) is 0.748. The summed E-state index contributed by atoms with van der Waals surface area (Å²) < 4.78 is 0. The molecule has 2 aliphatic rings. The van der Waals surface area contributed by atoms with E-state index in [0.717, 1.165) is 29.8 Å². The molecular weight excluding hydrogens is 188 g/mol. The van der Waals surface area contributed by atoms with Crippen LogP contribution in [0.4, 0.5) is 0 Å². The lowest BCUT2D eigenvalue weighted by atomic mass is 9.96. The second-order valence-corrected chi connectivity index (χ2v) is 4.13. The van der Waals surface area contributed by atoms with Gasteiger partial charge in [-0.2, -0.15) is 0 Å². The molecule has 1 N–H and O–H groups in total. The Morgan fingerprint density at radius 1 is 1.47 bits per heavy atom. The van der Waals surface area contributed by atoms with E-state index in [-0.39, 0.29) is 0 Å². The van der Waals surface area contributed by atoms with Gasteiger partial charge in [0, 0.05) is 18.3 Å². The van der Waals surface area contributed by atoms with E-state index in [4.69, 9.17) is 0 Å². The predicted octanol–water partition coefficient (Wildman–Crippen LogP) is 1.13. The molecule has 0 radical (unpaired) electrons. The van der Waals surface area contributed by atoms with Crippen LogP contribution in [0.2, 0.25) is 0 Å². The Hall–Kier alpha value is -1.19. The van der Waals surface area contributed by atoms with Crippen molar-refractivity contribution in [2.45, 2.75) is 12.5 Å². The van der Waals surface area contributed by atoms with E-state index >= 15 is 0 Å². The zero-order valence-corrected chi connectivity index (χ0v) is 9.14. The van der Waals surface area contributed by atoms with E-state index < -0.39 is 6.10 Å². The van der Waals surface area contributed by atoms with Gasteiger partial charge >= 0.3 is 0 Å². The lowest BCUT2D eigenvalue weighted by Gasteiger charge is -2.15. The highest BCUT2D eigenvalue weighted by atomic mass is 16.3. The second-order valence-electron chi connectivity index (χ2n) is 4.13. The molecule has 2 rings (SSSR count). The molecule has 15 heavy (non-hydrogen) atoms. The molecule has 0 amide bonds. The zero-order chi connectivity index (χ0) is 10.8. The Balaban J connectivity index is 2.17. The Kier molecular flexibility index (Phi) is 2.84. The van der Waals surface area contributed by atoms with E-state index in [1.54, 1.807) is 6.08 Å². The van der Waals surface area contributed by atoms with Crippen molar-refractivity contribution in [2.75, 3.05) is 20.6 Å². The third kappa shape index (κ3) is 2.08. The smallest absolute Gasteiger partial charge is 0.0998 e. The molecule has 0 bridgehead atoms. The van der Waals surface area contributed by atoms with Gasteiger partial charge < -0.3 is 10.0 Å². The highest BCUT2D eigenvalue weighted by Gasteiger charge is 2.22. The molecule has 0 aromatic carbocycles. The number of aliphatic imine (C=N–C) groups is 1. The van der Waals surface area contributed by atoms with Crippen molar-refractivity contribution in [3.8, 4) is 0 Å². The first-order chi connectivity index (χ1) is 7.18. The topological polar surface area (TPSA) is 35.8 Å². The molecule has 0 aromatic heterocycles. The molecule has 0 saturated carbocycles. The molecule has 3 heteroatoms. The second kappa shape index (κ2) is 4.13. The number of hydrogen-bond donors (Lipinski definition) is 1. The van der Waals surface area contributed by atoms with Gasteiger partial charge in [0.2, 0.25) is 0 Å². The van der Waals surface area contributed by atoms with Crippen LogP contribution in [0.1, 0.15) is 6.42 Å². The lowest BCUT2D eigenvalue weighted by molar-refractivity contribution is 0.259. The van der Waals surface area contributed by atoms with Crippen molar-refractivity contribution < 1.29 is 5.11 Å². The Bertz CT molecular complexity index is 375. The Labute approximate surface area is 90.1 Å². The summed E-state index contributed by atoms with van der Waals surface area (Å²) in [6, 6.07) is 0. The molecule has 0 spiro atoms.